The highest BCUT2D eigenvalue weighted by Gasteiger charge is 2.28. The van der Waals surface area contributed by atoms with Gasteiger partial charge in [0.25, 0.3) is 11.8 Å². The van der Waals surface area contributed by atoms with Crippen LogP contribution in [0.1, 0.15) is 32.4 Å². The lowest BCUT2D eigenvalue weighted by molar-refractivity contribution is 0.0529. The monoisotopic (exact) mass is 407 g/mol. The van der Waals surface area contributed by atoms with Crippen molar-refractivity contribution in [3.05, 3.63) is 77.1 Å². The summed E-state index contributed by atoms with van der Waals surface area (Å²) in [7, 11) is 0. The van der Waals surface area contributed by atoms with Crippen LogP contribution in [0.3, 0.4) is 0 Å². The lowest BCUT2D eigenvalue weighted by atomic mass is 10.1. The Morgan fingerprint density at radius 2 is 1.40 bits per heavy atom. The molecule has 30 heavy (non-hydrogen) atoms. The van der Waals surface area contributed by atoms with Crippen molar-refractivity contribution < 1.29 is 14.0 Å². The quantitative estimate of drug-likeness (QED) is 0.669. The van der Waals surface area contributed by atoms with Gasteiger partial charge in [0.05, 0.1) is 5.69 Å². The minimum Gasteiger partial charge on any atom is -0.335 e. The molecule has 0 unspecified atom stereocenters. The number of aromatic nitrogens is 3. The van der Waals surface area contributed by atoms with Crippen molar-refractivity contribution in [2.45, 2.75) is 13.8 Å². The van der Waals surface area contributed by atoms with Crippen LogP contribution in [0, 0.1) is 19.7 Å². The van der Waals surface area contributed by atoms with Gasteiger partial charge in [0.1, 0.15) is 11.6 Å². The molecule has 1 aliphatic rings. The minimum atomic E-state index is -0.342. The number of hydrogen-bond donors (Lipinski definition) is 0. The second-order valence-corrected chi connectivity index (χ2v) is 7.32. The van der Waals surface area contributed by atoms with Crippen molar-refractivity contribution in [3.8, 4) is 5.69 Å². The van der Waals surface area contributed by atoms with Crippen molar-refractivity contribution in [2.24, 2.45) is 0 Å². The van der Waals surface area contributed by atoms with E-state index >= 15 is 0 Å². The highest BCUT2D eigenvalue weighted by molar-refractivity contribution is 5.95. The van der Waals surface area contributed by atoms with Crippen molar-refractivity contribution in [1.29, 1.82) is 0 Å². The summed E-state index contributed by atoms with van der Waals surface area (Å²) in [4.78, 5) is 33.2. The lowest BCUT2D eigenvalue weighted by Gasteiger charge is -2.34. The minimum absolute atomic E-state index is 0.0309. The number of nitrogens with zero attached hydrogens (tertiary/aromatic N) is 5. The maximum Gasteiger partial charge on any atom is 0.293 e. The average Bonchev–Trinajstić information content (AvgIpc) is 3.15. The van der Waals surface area contributed by atoms with Crippen LogP contribution in [0.15, 0.2) is 48.5 Å². The molecule has 2 heterocycles. The predicted molar refractivity (Wildman–Crippen MR) is 109 cm³/mol. The Morgan fingerprint density at radius 3 is 2.00 bits per heavy atom. The molecule has 3 aromatic rings. The second kappa shape index (κ2) is 8.06. The molecule has 154 valence electrons. The van der Waals surface area contributed by atoms with Gasteiger partial charge in [0, 0.05) is 31.7 Å². The Labute approximate surface area is 173 Å². The van der Waals surface area contributed by atoms with Crippen LogP contribution in [-0.4, -0.2) is 62.6 Å². The molecule has 2 aromatic carbocycles. The highest BCUT2D eigenvalue weighted by Crippen LogP contribution is 2.14. The third-order valence-corrected chi connectivity index (χ3v) is 5.18. The maximum absolute atomic E-state index is 13.2. The molecular weight excluding hydrogens is 385 g/mol. The molecule has 1 aromatic heterocycles. The molecule has 0 N–H and O–H groups in total. The number of benzene rings is 2. The fourth-order valence-corrected chi connectivity index (χ4v) is 3.44. The number of carbonyl (C=O) groups is 2. The summed E-state index contributed by atoms with van der Waals surface area (Å²) in [6, 6.07) is 13.3. The van der Waals surface area contributed by atoms with Gasteiger partial charge in [-0.1, -0.05) is 17.7 Å². The molecule has 4 rings (SSSR count). The normalized spacial score (nSPS) is 14.1. The summed E-state index contributed by atoms with van der Waals surface area (Å²) >= 11 is 0. The van der Waals surface area contributed by atoms with Crippen LogP contribution in [0.2, 0.25) is 0 Å². The number of halogens is 1. The summed E-state index contributed by atoms with van der Waals surface area (Å²) in [5.74, 6) is -0.0165. The Hall–Kier alpha value is -3.55. The van der Waals surface area contributed by atoms with E-state index in [1.807, 2.05) is 31.2 Å². The van der Waals surface area contributed by atoms with Gasteiger partial charge in [0.15, 0.2) is 0 Å². The predicted octanol–water partition coefficient (Wildman–Crippen LogP) is 2.62. The maximum atomic E-state index is 13.2. The molecule has 1 aliphatic heterocycles. The highest BCUT2D eigenvalue weighted by atomic mass is 19.1. The summed E-state index contributed by atoms with van der Waals surface area (Å²) in [5, 5.41) is 4.31. The molecule has 7 nitrogen and oxygen atoms in total. The Morgan fingerprint density at radius 1 is 0.833 bits per heavy atom. The van der Waals surface area contributed by atoms with Gasteiger partial charge in [-0.25, -0.2) is 14.1 Å². The van der Waals surface area contributed by atoms with E-state index in [1.165, 1.54) is 16.8 Å². The Kier molecular flexibility index (Phi) is 5.31. The average molecular weight is 407 g/mol. The van der Waals surface area contributed by atoms with Gasteiger partial charge in [-0.2, -0.15) is 0 Å². The topological polar surface area (TPSA) is 71.3 Å². The molecule has 0 spiro atoms. The van der Waals surface area contributed by atoms with E-state index in [-0.39, 0.29) is 23.5 Å². The van der Waals surface area contributed by atoms with Crippen LogP contribution in [0.5, 0.6) is 0 Å². The number of piperazine rings is 1. The molecule has 0 bridgehead atoms. The summed E-state index contributed by atoms with van der Waals surface area (Å²) in [6.45, 7) is 5.46. The molecule has 0 atom stereocenters. The first-order valence-electron chi connectivity index (χ1n) is 9.77. The summed E-state index contributed by atoms with van der Waals surface area (Å²) in [6.07, 6.45) is 0. The van der Waals surface area contributed by atoms with E-state index in [4.69, 9.17) is 0 Å². The number of aryl methyl sites for hydroxylation is 2. The number of carbonyl (C=O) groups excluding carboxylic acids is 2. The first-order chi connectivity index (χ1) is 14.4. The molecule has 1 fully saturated rings. The molecule has 8 heteroatoms. The third kappa shape index (κ3) is 3.94. The zero-order chi connectivity index (χ0) is 21.3. The van der Waals surface area contributed by atoms with E-state index < -0.39 is 0 Å². The second-order valence-electron chi connectivity index (χ2n) is 7.32. The molecule has 0 saturated carbocycles. The van der Waals surface area contributed by atoms with Gasteiger partial charge >= 0.3 is 0 Å². The molecule has 1 saturated heterocycles. The fourth-order valence-electron chi connectivity index (χ4n) is 3.44. The lowest BCUT2D eigenvalue weighted by Crippen LogP contribution is -2.50. The number of rotatable bonds is 3. The van der Waals surface area contributed by atoms with Gasteiger partial charge in [0.2, 0.25) is 5.82 Å². The zero-order valence-corrected chi connectivity index (χ0v) is 16.9. The van der Waals surface area contributed by atoms with Crippen LogP contribution in [0.4, 0.5) is 4.39 Å². The first kappa shape index (κ1) is 19.8. The van der Waals surface area contributed by atoms with Crippen LogP contribution in [-0.2, 0) is 0 Å². The molecule has 2 amide bonds. The van der Waals surface area contributed by atoms with E-state index in [0.29, 0.717) is 43.3 Å². The molecule has 0 aliphatic carbocycles. The van der Waals surface area contributed by atoms with Gasteiger partial charge in [-0.05, 0) is 50.2 Å². The van der Waals surface area contributed by atoms with E-state index in [2.05, 4.69) is 10.1 Å². The van der Waals surface area contributed by atoms with Gasteiger partial charge in [-0.3, -0.25) is 9.59 Å². The van der Waals surface area contributed by atoms with Crippen LogP contribution < -0.4 is 0 Å². The zero-order valence-electron chi connectivity index (χ0n) is 16.9. The first-order valence-corrected chi connectivity index (χ1v) is 9.77. The van der Waals surface area contributed by atoms with Crippen molar-refractivity contribution in [2.75, 3.05) is 26.2 Å². The smallest absolute Gasteiger partial charge is 0.293 e. The van der Waals surface area contributed by atoms with Crippen LogP contribution >= 0.6 is 0 Å². The standard InChI is InChI=1S/C22H22FN5O2/c1-15-3-5-17(6-4-15)21(29)26-11-13-27(14-12-26)22(30)20-24-16(2)28(25-20)19-9-7-18(23)8-10-19/h3-10H,11-14H2,1-2H3. The number of hydrogen-bond acceptors (Lipinski definition) is 4. The third-order valence-electron chi connectivity index (χ3n) is 5.18. The summed E-state index contributed by atoms with van der Waals surface area (Å²) < 4.78 is 14.7. The Balaban J connectivity index is 1.42. The van der Waals surface area contributed by atoms with E-state index in [0.717, 1.165) is 5.56 Å². The van der Waals surface area contributed by atoms with E-state index in [1.54, 1.807) is 28.9 Å². The van der Waals surface area contributed by atoms with Crippen molar-refractivity contribution >= 4 is 11.8 Å². The SMILES string of the molecule is Cc1ccc(C(=O)N2CCN(C(=O)c3nc(C)n(-c4ccc(F)cc4)n3)CC2)cc1. The Bertz CT molecular complexity index is 1070. The van der Waals surface area contributed by atoms with Crippen LogP contribution in [0.25, 0.3) is 5.69 Å². The largest absolute Gasteiger partial charge is 0.335 e. The van der Waals surface area contributed by atoms with Crippen molar-refractivity contribution in [3.63, 3.8) is 0 Å². The van der Waals surface area contributed by atoms with Crippen molar-refractivity contribution in [1.82, 2.24) is 24.6 Å². The molecular formula is C22H22FN5O2. The van der Waals surface area contributed by atoms with Gasteiger partial charge < -0.3 is 9.80 Å². The van der Waals surface area contributed by atoms with Gasteiger partial charge in [-0.15, -0.1) is 5.10 Å². The summed E-state index contributed by atoms with van der Waals surface area (Å²) in [5.41, 5.74) is 2.38. The number of amides is 2. The van der Waals surface area contributed by atoms with E-state index in [9.17, 15) is 14.0 Å². The molecule has 0 radical (unpaired) electrons. The fraction of sp³-hybridized carbons (Fsp3) is 0.273.